The molecule has 1 heterocycles. The molecule has 0 aliphatic heterocycles. The van der Waals surface area contributed by atoms with E-state index in [1.54, 1.807) is 66.7 Å². The fourth-order valence-electron chi connectivity index (χ4n) is 3.12. The molecule has 0 fully saturated rings. The summed E-state index contributed by atoms with van der Waals surface area (Å²) >= 11 is 5.61. The number of esters is 1. The van der Waals surface area contributed by atoms with Gasteiger partial charge in [0.1, 0.15) is 11.5 Å². The standard InChI is InChI=1S/C25H25N3O5S/c1-4-33-24(30)18-5-7-20(8-6-18)28(16-17-9-11-26-12-10-17)25(34)27-23(29)19-13-21(31-2)15-22(14-19)32-3/h5-15H,4,16H2,1-3H3,(H,27,29,34). The van der Waals surface area contributed by atoms with Crippen LogP contribution in [0.25, 0.3) is 0 Å². The lowest BCUT2D eigenvalue weighted by Crippen LogP contribution is -2.42. The van der Waals surface area contributed by atoms with Crippen LogP contribution in [0.5, 0.6) is 11.5 Å². The van der Waals surface area contributed by atoms with Crippen LogP contribution >= 0.6 is 12.2 Å². The van der Waals surface area contributed by atoms with Gasteiger partial charge < -0.3 is 19.1 Å². The van der Waals surface area contributed by atoms with Crippen molar-refractivity contribution in [3.8, 4) is 11.5 Å². The normalized spacial score (nSPS) is 10.2. The molecule has 0 bridgehead atoms. The second kappa shape index (κ2) is 11.8. The molecule has 0 aliphatic carbocycles. The van der Waals surface area contributed by atoms with Crippen molar-refractivity contribution in [3.05, 3.63) is 83.7 Å². The summed E-state index contributed by atoms with van der Waals surface area (Å²) in [7, 11) is 3.02. The first kappa shape index (κ1) is 24.7. The van der Waals surface area contributed by atoms with Crippen LogP contribution in [-0.4, -0.2) is 42.8 Å². The maximum Gasteiger partial charge on any atom is 0.338 e. The lowest BCUT2D eigenvalue weighted by molar-refractivity contribution is 0.0526. The Morgan fingerprint density at radius 3 is 2.12 bits per heavy atom. The molecule has 1 N–H and O–H groups in total. The molecule has 0 saturated carbocycles. The van der Waals surface area contributed by atoms with Gasteiger partial charge in [0.05, 0.1) is 32.9 Å². The Kier molecular flexibility index (Phi) is 8.53. The van der Waals surface area contributed by atoms with Gasteiger partial charge in [0, 0.05) is 29.7 Å². The Hall–Kier alpha value is -3.98. The molecule has 34 heavy (non-hydrogen) atoms. The first-order chi connectivity index (χ1) is 16.4. The quantitative estimate of drug-likeness (QED) is 0.383. The van der Waals surface area contributed by atoms with Gasteiger partial charge in [0.2, 0.25) is 0 Å². The smallest absolute Gasteiger partial charge is 0.338 e. The van der Waals surface area contributed by atoms with E-state index in [4.69, 9.17) is 26.4 Å². The molecule has 3 aromatic rings. The number of amides is 1. The van der Waals surface area contributed by atoms with Crippen LogP contribution in [0.3, 0.4) is 0 Å². The first-order valence-electron chi connectivity index (χ1n) is 10.5. The summed E-state index contributed by atoms with van der Waals surface area (Å²) in [6, 6.07) is 15.4. The summed E-state index contributed by atoms with van der Waals surface area (Å²) in [5.41, 5.74) is 2.38. The number of rotatable bonds is 8. The van der Waals surface area contributed by atoms with E-state index in [9.17, 15) is 9.59 Å². The maximum atomic E-state index is 13.0. The highest BCUT2D eigenvalue weighted by Crippen LogP contribution is 2.23. The average molecular weight is 480 g/mol. The number of methoxy groups -OCH3 is 2. The van der Waals surface area contributed by atoms with Crippen molar-refractivity contribution in [2.24, 2.45) is 0 Å². The van der Waals surface area contributed by atoms with E-state index in [1.165, 1.54) is 14.2 Å². The fraction of sp³-hybridized carbons (Fsp3) is 0.200. The van der Waals surface area contributed by atoms with Crippen molar-refractivity contribution >= 4 is 34.9 Å². The summed E-state index contributed by atoms with van der Waals surface area (Å²) < 4.78 is 15.5. The number of carbonyl (C=O) groups is 2. The van der Waals surface area contributed by atoms with Gasteiger partial charge in [-0.1, -0.05) is 0 Å². The SMILES string of the molecule is CCOC(=O)c1ccc(N(Cc2ccncc2)C(=S)NC(=O)c2cc(OC)cc(OC)c2)cc1. The Morgan fingerprint density at radius 2 is 1.56 bits per heavy atom. The van der Waals surface area contributed by atoms with Crippen LogP contribution in [-0.2, 0) is 11.3 Å². The molecule has 0 aliphatic rings. The molecular formula is C25H25N3O5S. The average Bonchev–Trinajstić information content (AvgIpc) is 2.87. The highest BCUT2D eigenvalue weighted by atomic mass is 32.1. The number of benzene rings is 2. The number of aromatic nitrogens is 1. The number of carbonyl (C=O) groups excluding carboxylic acids is 2. The molecule has 3 rings (SSSR count). The van der Waals surface area contributed by atoms with Gasteiger partial charge in [-0.2, -0.15) is 0 Å². The minimum absolute atomic E-state index is 0.187. The molecule has 0 saturated heterocycles. The number of thiocarbonyl (C=S) groups is 1. The largest absolute Gasteiger partial charge is 0.497 e. The van der Waals surface area contributed by atoms with E-state index in [1.807, 2.05) is 12.1 Å². The number of pyridine rings is 1. The topological polar surface area (TPSA) is 90.0 Å². The van der Waals surface area contributed by atoms with Crippen molar-refractivity contribution in [2.45, 2.75) is 13.5 Å². The number of anilines is 1. The van der Waals surface area contributed by atoms with Gasteiger partial charge >= 0.3 is 5.97 Å². The van der Waals surface area contributed by atoms with Gasteiger partial charge in [-0.15, -0.1) is 0 Å². The minimum Gasteiger partial charge on any atom is -0.497 e. The van der Waals surface area contributed by atoms with E-state index in [-0.39, 0.29) is 5.11 Å². The zero-order chi connectivity index (χ0) is 24.5. The number of nitrogens with zero attached hydrogens (tertiary/aromatic N) is 2. The third-order valence-corrected chi connectivity index (χ3v) is 5.18. The second-order valence-electron chi connectivity index (χ2n) is 7.07. The van der Waals surface area contributed by atoms with Crippen LogP contribution in [0.1, 0.15) is 33.2 Å². The van der Waals surface area contributed by atoms with Gasteiger partial charge in [-0.25, -0.2) is 4.79 Å². The highest BCUT2D eigenvalue weighted by molar-refractivity contribution is 7.80. The summed E-state index contributed by atoms with van der Waals surface area (Å²) in [6.07, 6.45) is 3.36. The molecule has 0 radical (unpaired) electrons. The minimum atomic E-state index is -0.412. The van der Waals surface area contributed by atoms with Gasteiger partial charge in [-0.3, -0.25) is 15.1 Å². The molecule has 176 valence electrons. The van der Waals surface area contributed by atoms with E-state index < -0.39 is 11.9 Å². The van der Waals surface area contributed by atoms with Crippen LogP contribution in [0.2, 0.25) is 0 Å². The van der Waals surface area contributed by atoms with Crippen molar-refractivity contribution in [1.82, 2.24) is 10.3 Å². The molecule has 2 aromatic carbocycles. The van der Waals surface area contributed by atoms with E-state index in [2.05, 4.69) is 10.3 Å². The fourth-order valence-corrected chi connectivity index (χ4v) is 3.38. The van der Waals surface area contributed by atoms with Crippen LogP contribution in [0.4, 0.5) is 5.69 Å². The highest BCUT2D eigenvalue weighted by Gasteiger charge is 2.18. The van der Waals surface area contributed by atoms with E-state index in [0.29, 0.717) is 41.5 Å². The van der Waals surface area contributed by atoms with Crippen LogP contribution < -0.4 is 19.7 Å². The Labute approximate surface area is 203 Å². The summed E-state index contributed by atoms with van der Waals surface area (Å²) in [4.78, 5) is 30.8. The lowest BCUT2D eigenvalue weighted by Gasteiger charge is -2.26. The molecular weight excluding hydrogens is 454 g/mol. The van der Waals surface area contributed by atoms with Crippen molar-refractivity contribution in [1.29, 1.82) is 0 Å². The molecule has 1 amide bonds. The molecule has 0 atom stereocenters. The summed E-state index contributed by atoms with van der Waals surface area (Å²) in [5.74, 6) is 0.153. The summed E-state index contributed by atoms with van der Waals surface area (Å²) in [6.45, 7) is 2.42. The molecule has 0 unspecified atom stereocenters. The van der Waals surface area contributed by atoms with E-state index in [0.717, 1.165) is 5.56 Å². The lowest BCUT2D eigenvalue weighted by atomic mass is 10.1. The first-order valence-corrected chi connectivity index (χ1v) is 10.9. The monoisotopic (exact) mass is 479 g/mol. The zero-order valence-corrected chi connectivity index (χ0v) is 19.9. The van der Waals surface area contributed by atoms with Crippen LogP contribution in [0.15, 0.2) is 67.0 Å². The van der Waals surface area contributed by atoms with Crippen molar-refractivity contribution in [2.75, 3.05) is 25.7 Å². The predicted octanol–water partition coefficient (Wildman–Crippen LogP) is 4.00. The van der Waals surface area contributed by atoms with Crippen molar-refractivity contribution < 1.29 is 23.8 Å². The van der Waals surface area contributed by atoms with Gasteiger partial charge in [0.25, 0.3) is 5.91 Å². The van der Waals surface area contributed by atoms with Crippen LogP contribution in [0, 0.1) is 0 Å². The predicted molar refractivity (Wildman–Crippen MR) is 132 cm³/mol. The third kappa shape index (κ3) is 6.29. The molecule has 0 spiro atoms. The number of ether oxygens (including phenoxy) is 3. The zero-order valence-electron chi connectivity index (χ0n) is 19.1. The molecule has 8 nitrogen and oxygen atoms in total. The number of hydrogen-bond acceptors (Lipinski definition) is 7. The Balaban J connectivity index is 1.86. The second-order valence-corrected chi connectivity index (χ2v) is 7.46. The van der Waals surface area contributed by atoms with Gasteiger partial charge in [0.15, 0.2) is 5.11 Å². The maximum absolute atomic E-state index is 13.0. The summed E-state index contributed by atoms with van der Waals surface area (Å²) in [5, 5.41) is 2.96. The van der Waals surface area contributed by atoms with Gasteiger partial charge in [-0.05, 0) is 73.2 Å². The van der Waals surface area contributed by atoms with E-state index >= 15 is 0 Å². The molecule has 1 aromatic heterocycles. The number of hydrogen-bond donors (Lipinski definition) is 1. The molecule has 9 heteroatoms. The third-order valence-electron chi connectivity index (χ3n) is 4.86. The number of nitrogens with one attached hydrogen (secondary N) is 1. The van der Waals surface area contributed by atoms with Crippen molar-refractivity contribution in [3.63, 3.8) is 0 Å². The Morgan fingerprint density at radius 1 is 0.941 bits per heavy atom. The Bertz CT molecular complexity index is 1130.